The molecule has 116 valence electrons. The molecule has 1 aliphatic heterocycles. The quantitative estimate of drug-likeness (QED) is 0.563. The molecular weight excluding hydrogens is 262 g/mol. The predicted molar refractivity (Wildman–Crippen MR) is 86.0 cm³/mol. The summed E-state index contributed by atoms with van der Waals surface area (Å²) in [5, 5.41) is 0. The van der Waals surface area contributed by atoms with E-state index >= 15 is 0 Å². The molecule has 1 aliphatic rings. The van der Waals surface area contributed by atoms with Gasteiger partial charge in [0.1, 0.15) is 12.0 Å². The Kier molecular flexibility index (Phi) is 6.24. The molecular formula is C18H27NO2. The van der Waals surface area contributed by atoms with Crippen LogP contribution >= 0.6 is 0 Å². The molecule has 1 aromatic carbocycles. The van der Waals surface area contributed by atoms with Gasteiger partial charge in [-0.2, -0.15) is 0 Å². The molecule has 0 unspecified atom stereocenters. The third kappa shape index (κ3) is 4.85. The van der Waals surface area contributed by atoms with Crippen LogP contribution in [0.1, 0.15) is 56.3 Å². The molecule has 0 N–H and O–H groups in total. The number of carbonyl (C=O) groups excluding carboxylic acids is 1. The van der Waals surface area contributed by atoms with Crippen molar-refractivity contribution in [3.8, 4) is 5.75 Å². The molecule has 2 atom stereocenters. The number of unbranched alkanes of at least 4 members (excludes halogenated alkanes) is 1. The second-order valence-electron chi connectivity index (χ2n) is 6.11. The summed E-state index contributed by atoms with van der Waals surface area (Å²) in [6.07, 6.45) is 7.11. The first-order valence-corrected chi connectivity index (χ1v) is 8.14. The molecule has 1 fully saturated rings. The van der Waals surface area contributed by atoms with E-state index in [1.165, 1.54) is 32.2 Å². The molecule has 21 heavy (non-hydrogen) atoms. The van der Waals surface area contributed by atoms with E-state index in [2.05, 4.69) is 18.7 Å². The molecule has 0 saturated carbocycles. The number of ether oxygens (including phenoxy) is 1. The van der Waals surface area contributed by atoms with Gasteiger partial charge in [-0.25, -0.2) is 0 Å². The summed E-state index contributed by atoms with van der Waals surface area (Å²) in [4.78, 5) is 13.3. The predicted octanol–water partition coefficient (Wildman–Crippen LogP) is 3.92. The smallest absolute Gasteiger partial charge is 0.150 e. The van der Waals surface area contributed by atoms with E-state index < -0.39 is 0 Å². The molecule has 0 radical (unpaired) electrons. The summed E-state index contributed by atoms with van der Waals surface area (Å²) in [6, 6.07) is 8.79. The molecule has 1 heterocycles. The molecule has 0 aliphatic carbocycles. The van der Waals surface area contributed by atoms with E-state index in [0.29, 0.717) is 5.56 Å². The number of benzene rings is 1. The second kappa shape index (κ2) is 8.18. The highest BCUT2D eigenvalue weighted by Gasteiger charge is 2.23. The molecule has 0 spiro atoms. The number of nitrogens with zero attached hydrogens (tertiary/aromatic N) is 1. The Morgan fingerprint density at radius 3 is 2.71 bits per heavy atom. The van der Waals surface area contributed by atoms with Crippen molar-refractivity contribution in [3.63, 3.8) is 0 Å². The first kappa shape index (κ1) is 16.0. The van der Waals surface area contributed by atoms with Gasteiger partial charge in [-0.3, -0.25) is 9.69 Å². The fourth-order valence-corrected chi connectivity index (χ4v) is 3.18. The standard InChI is InChI=1S/C18H27NO2/c1-15-7-5-8-16(2)19(15)11-3-4-12-21-18-10-6-9-17(13-18)14-20/h6,9-10,13-16H,3-5,7-8,11-12H2,1-2H3/t15-,16-/m1/s1. The minimum absolute atomic E-state index is 0.670. The van der Waals surface area contributed by atoms with Crippen molar-refractivity contribution < 1.29 is 9.53 Å². The van der Waals surface area contributed by atoms with Crippen LogP contribution in [-0.2, 0) is 0 Å². The van der Waals surface area contributed by atoms with Gasteiger partial charge < -0.3 is 4.74 Å². The third-order valence-electron chi connectivity index (χ3n) is 4.45. The largest absolute Gasteiger partial charge is 0.494 e. The normalized spacial score (nSPS) is 23.0. The Morgan fingerprint density at radius 1 is 1.24 bits per heavy atom. The van der Waals surface area contributed by atoms with Crippen molar-refractivity contribution in [1.82, 2.24) is 4.90 Å². The number of aldehydes is 1. The Morgan fingerprint density at radius 2 is 2.00 bits per heavy atom. The van der Waals surface area contributed by atoms with E-state index in [9.17, 15) is 4.79 Å². The van der Waals surface area contributed by atoms with Crippen LogP contribution in [0.4, 0.5) is 0 Å². The van der Waals surface area contributed by atoms with Crippen molar-refractivity contribution in [3.05, 3.63) is 29.8 Å². The molecule has 3 heteroatoms. The highest BCUT2D eigenvalue weighted by atomic mass is 16.5. The highest BCUT2D eigenvalue weighted by molar-refractivity contribution is 5.75. The summed E-state index contributed by atoms with van der Waals surface area (Å²) in [7, 11) is 0. The highest BCUT2D eigenvalue weighted by Crippen LogP contribution is 2.22. The topological polar surface area (TPSA) is 29.5 Å². The number of hydrogen-bond donors (Lipinski definition) is 0. The number of carbonyl (C=O) groups is 1. The third-order valence-corrected chi connectivity index (χ3v) is 4.45. The van der Waals surface area contributed by atoms with Crippen molar-refractivity contribution in [1.29, 1.82) is 0 Å². The van der Waals surface area contributed by atoms with Crippen molar-refractivity contribution >= 4 is 6.29 Å². The number of piperidine rings is 1. The lowest BCUT2D eigenvalue weighted by molar-refractivity contribution is 0.0996. The number of hydrogen-bond acceptors (Lipinski definition) is 3. The van der Waals surface area contributed by atoms with Crippen LogP contribution in [0, 0.1) is 0 Å². The van der Waals surface area contributed by atoms with Crippen molar-refractivity contribution in [2.24, 2.45) is 0 Å². The van der Waals surface area contributed by atoms with Crippen LogP contribution in [0.15, 0.2) is 24.3 Å². The van der Waals surface area contributed by atoms with Gasteiger partial charge in [0, 0.05) is 17.6 Å². The molecule has 3 nitrogen and oxygen atoms in total. The average molecular weight is 289 g/mol. The molecule has 1 aromatic rings. The minimum atomic E-state index is 0.670. The van der Waals surface area contributed by atoms with Crippen LogP contribution in [0.3, 0.4) is 0 Å². The van der Waals surface area contributed by atoms with Gasteiger partial charge in [0.15, 0.2) is 0 Å². The zero-order valence-electron chi connectivity index (χ0n) is 13.3. The van der Waals surface area contributed by atoms with E-state index in [-0.39, 0.29) is 0 Å². The van der Waals surface area contributed by atoms with Crippen molar-refractivity contribution in [2.45, 2.75) is 58.0 Å². The number of rotatable bonds is 7. The van der Waals surface area contributed by atoms with E-state index in [4.69, 9.17) is 4.74 Å². The van der Waals surface area contributed by atoms with Crippen LogP contribution in [-0.4, -0.2) is 36.4 Å². The van der Waals surface area contributed by atoms with Gasteiger partial charge in [-0.1, -0.05) is 18.6 Å². The Labute approximate surface area is 128 Å². The first-order chi connectivity index (χ1) is 10.2. The van der Waals surface area contributed by atoms with Crippen LogP contribution in [0.5, 0.6) is 5.75 Å². The maximum absolute atomic E-state index is 10.7. The van der Waals surface area contributed by atoms with Crippen LogP contribution in [0.25, 0.3) is 0 Å². The monoisotopic (exact) mass is 289 g/mol. The van der Waals surface area contributed by atoms with E-state index in [0.717, 1.165) is 37.1 Å². The minimum Gasteiger partial charge on any atom is -0.494 e. The summed E-state index contributed by atoms with van der Waals surface area (Å²) in [5.74, 6) is 0.791. The Bertz CT molecular complexity index is 437. The van der Waals surface area contributed by atoms with Gasteiger partial charge in [-0.05, 0) is 58.2 Å². The fourth-order valence-electron chi connectivity index (χ4n) is 3.18. The van der Waals surface area contributed by atoms with Gasteiger partial charge in [0.05, 0.1) is 6.61 Å². The Hall–Kier alpha value is -1.35. The Balaban J connectivity index is 1.66. The van der Waals surface area contributed by atoms with Gasteiger partial charge in [0.2, 0.25) is 0 Å². The number of likely N-dealkylation sites (tertiary alicyclic amines) is 1. The summed E-state index contributed by atoms with van der Waals surface area (Å²) >= 11 is 0. The zero-order valence-corrected chi connectivity index (χ0v) is 13.3. The fraction of sp³-hybridized carbons (Fsp3) is 0.611. The summed E-state index contributed by atoms with van der Waals surface area (Å²) in [6.45, 7) is 6.58. The lowest BCUT2D eigenvalue weighted by Crippen LogP contribution is -2.44. The lowest BCUT2D eigenvalue weighted by Gasteiger charge is -2.39. The maximum Gasteiger partial charge on any atom is 0.150 e. The molecule has 0 amide bonds. The SMILES string of the molecule is C[C@@H]1CCC[C@@H](C)N1CCCCOc1cccc(C=O)c1. The van der Waals surface area contributed by atoms with Crippen molar-refractivity contribution in [2.75, 3.05) is 13.2 Å². The van der Waals surface area contributed by atoms with Gasteiger partial charge in [0.25, 0.3) is 0 Å². The molecule has 0 aromatic heterocycles. The summed E-state index contributed by atoms with van der Waals surface area (Å²) < 4.78 is 5.71. The molecule has 0 bridgehead atoms. The molecule has 1 saturated heterocycles. The first-order valence-electron chi connectivity index (χ1n) is 8.14. The lowest BCUT2D eigenvalue weighted by atomic mass is 9.97. The van der Waals surface area contributed by atoms with Crippen LogP contribution in [0.2, 0.25) is 0 Å². The van der Waals surface area contributed by atoms with Gasteiger partial charge >= 0.3 is 0 Å². The van der Waals surface area contributed by atoms with Gasteiger partial charge in [-0.15, -0.1) is 0 Å². The molecule has 2 rings (SSSR count). The second-order valence-corrected chi connectivity index (χ2v) is 6.11. The van der Waals surface area contributed by atoms with E-state index in [1.807, 2.05) is 12.1 Å². The zero-order chi connectivity index (χ0) is 15.1. The average Bonchev–Trinajstić information content (AvgIpc) is 2.50. The maximum atomic E-state index is 10.7. The van der Waals surface area contributed by atoms with E-state index in [1.54, 1.807) is 12.1 Å². The summed E-state index contributed by atoms with van der Waals surface area (Å²) in [5.41, 5.74) is 0.670. The van der Waals surface area contributed by atoms with Crippen LogP contribution < -0.4 is 4.74 Å².